The van der Waals surface area contributed by atoms with Gasteiger partial charge < -0.3 is 4.74 Å². The Bertz CT molecular complexity index is 1020. The van der Waals surface area contributed by atoms with E-state index in [9.17, 15) is 21.6 Å². The molecule has 0 aromatic heterocycles. The first-order valence-corrected chi connectivity index (χ1v) is 12.7. The highest BCUT2D eigenvalue weighted by Crippen LogP contribution is 2.16. The zero-order chi connectivity index (χ0) is 23.1. The Morgan fingerprint density at radius 3 is 2.29 bits per heavy atom. The molecule has 13 heteroatoms. The summed E-state index contributed by atoms with van der Waals surface area (Å²) in [5, 5.41) is 9.05. The normalized spacial score (nSPS) is 16.7. The van der Waals surface area contributed by atoms with Gasteiger partial charge in [-0.25, -0.2) is 27.0 Å². The van der Waals surface area contributed by atoms with Crippen LogP contribution in [0.3, 0.4) is 0 Å². The monoisotopic (exact) mass is 474 g/mol. The Balaban J connectivity index is 2.03. The number of amides is 1. The molecule has 0 aliphatic carbocycles. The van der Waals surface area contributed by atoms with Gasteiger partial charge in [0.25, 0.3) is 5.91 Å². The van der Waals surface area contributed by atoms with Crippen molar-refractivity contribution in [2.45, 2.75) is 17.9 Å². The van der Waals surface area contributed by atoms with Crippen LogP contribution in [-0.2, 0) is 24.8 Å². The van der Waals surface area contributed by atoms with Crippen LogP contribution in [0.4, 0.5) is 0 Å². The fraction of sp³-hybridized carbons (Fsp3) is 0.500. The highest BCUT2D eigenvalue weighted by Gasteiger charge is 2.32. The maximum absolute atomic E-state index is 12.6. The molecule has 1 fully saturated rings. The first-order valence-electron chi connectivity index (χ1n) is 9.33. The molecular weight excluding hydrogens is 448 g/mol. The van der Waals surface area contributed by atoms with Crippen molar-refractivity contribution < 1.29 is 31.6 Å². The molecule has 1 unspecified atom stereocenters. The number of hydroxylamine groups is 1. The van der Waals surface area contributed by atoms with E-state index in [0.29, 0.717) is 5.75 Å². The van der Waals surface area contributed by atoms with E-state index >= 15 is 0 Å². The van der Waals surface area contributed by atoms with E-state index in [0.717, 1.165) is 6.26 Å². The Morgan fingerprint density at radius 2 is 1.77 bits per heavy atom. The summed E-state index contributed by atoms with van der Waals surface area (Å²) in [7, 11) is -7.30. The van der Waals surface area contributed by atoms with Gasteiger partial charge in [0.1, 0.15) is 18.4 Å². The van der Waals surface area contributed by atoms with Crippen LogP contribution >= 0.6 is 0 Å². The predicted octanol–water partition coefficient (Wildman–Crippen LogP) is -1.18. The molecule has 1 aliphatic heterocycles. The van der Waals surface area contributed by atoms with Crippen molar-refractivity contribution >= 4 is 26.0 Å². The number of hydrogen-bond donors (Lipinski definition) is 3. The van der Waals surface area contributed by atoms with Crippen molar-refractivity contribution in [1.82, 2.24) is 19.4 Å². The summed E-state index contributed by atoms with van der Waals surface area (Å²) in [5.41, 5.74) is 1.54. The molecule has 1 aromatic carbocycles. The standard InChI is InChI=1S/C18H26N4O7S2/c1-3-4-13-29-15-5-7-16(8-6-15)31(27,28)19-14-17(18(23)20-24)21-9-11-22(12-10-21)30(2,25)26/h5-8,17,19,24H,9-14H2,1-2H3,(H,20,23). The maximum Gasteiger partial charge on any atom is 0.262 e. The predicted molar refractivity (Wildman–Crippen MR) is 112 cm³/mol. The smallest absolute Gasteiger partial charge is 0.262 e. The summed E-state index contributed by atoms with van der Waals surface area (Å²) >= 11 is 0. The van der Waals surface area contributed by atoms with Gasteiger partial charge in [0.2, 0.25) is 20.0 Å². The largest absolute Gasteiger partial charge is 0.481 e. The van der Waals surface area contributed by atoms with Crippen molar-refractivity contribution in [2.75, 3.05) is 45.6 Å². The number of benzene rings is 1. The lowest BCUT2D eigenvalue weighted by molar-refractivity contribution is -0.135. The third-order valence-electron chi connectivity index (χ3n) is 4.68. The summed E-state index contributed by atoms with van der Waals surface area (Å²) in [4.78, 5) is 13.7. The van der Waals surface area contributed by atoms with E-state index in [4.69, 9.17) is 9.94 Å². The van der Waals surface area contributed by atoms with Crippen LogP contribution in [0.5, 0.6) is 5.75 Å². The summed E-state index contributed by atoms with van der Waals surface area (Å²) in [6.07, 6.45) is 1.10. The fourth-order valence-electron chi connectivity index (χ4n) is 2.99. The molecule has 11 nitrogen and oxygen atoms in total. The molecule has 1 aromatic rings. The molecule has 0 saturated carbocycles. The first-order chi connectivity index (χ1) is 14.6. The van der Waals surface area contributed by atoms with Gasteiger partial charge in [0.05, 0.1) is 11.2 Å². The number of piperazine rings is 1. The minimum Gasteiger partial charge on any atom is -0.481 e. The van der Waals surface area contributed by atoms with Gasteiger partial charge in [-0.3, -0.25) is 14.9 Å². The Labute approximate surface area is 182 Å². The van der Waals surface area contributed by atoms with Crippen molar-refractivity contribution in [2.24, 2.45) is 0 Å². The molecule has 0 radical (unpaired) electrons. The van der Waals surface area contributed by atoms with Crippen molar-refractivity contribution in [3.05, 3.63) is 24.3 Å². The van der Waals surface area contributed by atoms with Crippen LogP contribution < -0.4 is 14.9 Å². The maximum atomic E-state index is 12.6. The molecular formula is C18H26N4O7S2. The summed E-state index contributed by atoms with van der Waals surface area (Å²) in [6, 6.07) is 4.70. The second-order valence-electron chi connectivity index (χ2n) is 6.73. The quantitative estimate of drug-likeness (QED) is 0.230. The second-order valence-corrected chi connectivity index (χ2v) is 10.5. The van der Waals surface area contributed by atoms with Gasteiger partial charge in [-0.2, -0.15) is 4.31 Å². The zero-order valence-corrected chi connectivity index (χ0v) is 18.9. The van der Waals surface area contributed by atoms with E-state index in [-0.39, 0.29) is 44.2 Å². The average Bonchev–Trinajstić information content (AvgIpc) is 2.74. The number of carbonyl (C=O) groups excluding carboxylic acids is 1. The minimum atomic E-state index is -3.94. The fourth-order valence-corrected chi connectivity index (χ4v) is 4.85. The van der Waals surface area contributed by atoms with Crippen molar-refractivity contribution in [3.8, 4) is 17.6 Å². The number of ether oxygens (including phenoxy) is 1. The third-order valence-corrected chi connectivity index (χ3v) is 7.43. The molecule has 31 heavy (non-hydrogen) atoms. The van der Waals surface area contributed by atoms with Gasteiger partial charge >= 0.3 is 0 Å². The Kier molecular flexibility index (Phi) is 8.80. The number of rotatable bonds is 9. The van der Waals surface area contributed by atoms with Gasteiger partial charge in [0, 0.05) is 32.7 Å². The molecule has 2 rings (SSSR count). The van der Waals surface area contributed by atoms with E-state index in [1.807, 2.05) is 0 Å². The molecule has 1 heterocycles. The highest BCUT2D eigenvalue weighted by molar-refractivity contribution is 7.89. The summed E-state index contributed by atoms with van der Waals surface area (Å²) < 4.78 is 57.5. The molecule has 1 aliphatic rings. The van der Waals surface area contributed by atoms with Gasteiger partial charge in [0.15, 0.2) is 0 Å². The third kappa shape index (κ3) is 7.17. The number of nitrogens with zero attached hydrogens (tertiary/aromatic N) is 2. The van der Waals surface area contributed by atoms with Crippen LogP contribution in [0.1, 0.15) is 6.92 Å². The van der Waals surface area contributed by atoms with Gasteiger partial charge in [-0.05, 0) is 31.2 Å². The average molecular weight is 475 g/mol. The lowest BCUT2D eigenvalue weighted by Crippen LogP contribution is -2.58. The lowest BCUT2D eigenvalue weighted by atomic mass is 10.2. The summed E-state index contributed by atoms with van der Waals surface area (Å²) in [6.45, 7) is 2.29. The van der Waals surface area contributed by atoms with Crippen molar-refractivity contribution in [3.63, 3.8) is 0 Å². The number of sulfonamides is 2. The summed E-state index contributed by atoms with van der Waals surface area (Å²) in [5.74, 6) is 5.08. The number of nitrogens with one attached hydrogen (secondary N) is 2. The van der Waals surface area contributed by atoms with Crippen LogP contribution in [0.25, 0.3) is 0 Å². The molecule has 1 amide bonds. The number of carbonyl (C=O) groups is 1. The van der Waals surface area contributed by atoms with Gasteiger partial charge in [-0.15, -0.1) is 5.92 Å². The van der Waals surface area contributed by atoms with E-state index < -0.39 is 32.0 Å². The highest BCUT2D eigenvalue weighted by atomic mass is 32.2. The van der Waals surface area contributed by atoms with E-state index in [2.05, 4.69) is 16.6 Å². The SMILES string of the molecule is CC#CCOc1ccc(S(=O)(=O)NCC(C(=O)NO)N2CCN(S(C)(=O)=O)CC2)cc1. The molecule has 1 atom stereocenters. The topological polar surface area (TPSA) is 145 Å². The van der Waals surface area contributed by atoms with Crippen molar-refractivity contribution in [1.29, 1.82) is 0 Å². The zero-order valence-electron chi connectivity index (χ0n) is 17.2. The Hall–Kier alpha value is -2.21. The minimum absolute atomic E-state index is 0.0218. The Morgan fingerprint density at radius 1 is 1.16 bits per heavy atom. The van der Waals surface area contributed by atoms with Crippen LogP contribution in [-0.4, -0.2) is 88.8 Å². The second kappa shape index (κ2) is 10.9. The number of hydrogen-bond acceptors (Lipinski definition) is 8. The van der Waals surface area contributed by atoms with Crippen LogP contribution in [0.15, 0.2) is 29.2 Å². The van der Waals surface area contributed by atoms with E-state index in [1.54, 1.807) is 11.8 Å². The van der Waals surface area contributed by atoms with E-state index in [1.165, 1.54) is 34.1 Å². The lowest BCUT2D eigenvalue weighted by Gasteiger charge is -2.37. The molecule has 3 N–H and O–H groups in total. The first kappa shape index (κ1) is 25.1. The van der Waals surface area contributed by atoms with Gasteiger partial charge in [-0.1, -0.05) is 5.92 Å². The molecule has 1 saturated heterocycles. The van der Waals surface area contributed by atoms with Crippen LogP contribution in [0.2, 0.25) is 0 Å². The van der Waals surface area contributed by atoms with Crippen LogP contribution in [0, 0.1) is 11.8 Å². The molecule has 172 valence electrons. The molecule has 0 spiro atoms. The molecule has 0 bridgehead atoms.